The Hall–Kier alpha value is -2.29. The van der Waals surface area contributed by atoms with Gasteiger partial charge in [0.25, 0.3) is 0 Å². The maximum Gasteiger partial charge on any atom is 0.417 e. The van der Waals surface area contributed by atoms with E-state index in [4.69, 9.17) is 9.47 Å². The van der Waals surface area contributed by atoms with Crippen molar-refractivity contribution in [1.29, 1.82) is 0 Å². The number of halogens is 4. The van der Waals surface area contributed by atoms with E-state index < -0.39 is 11.7 Å². The van der Waals surface area contributed by atoms with Crippen LogP contribution in [0.25, 0.3) is 0 Å². The van der Waals surface area contributed by atoms with Crippen molar-refractivity contribution in [2.45, 2.75) is 20.0 Å². The molecule has 2 rings (SSSR count). The number of benzene rings is 1. The molecule has 1 N–H and O–H groups in total. The molecule has 0 spiro atoms. The molecule has 0 saturated heterocycles. The SMILES string of the molecule is CCOc1cc(OCC)c(/C=N\Nc2ccc(C(F)(F)F)cn2)cc1Br. The molecular formula is C17H17BrF3N3O2. The van der Waals surface area contributed by atoms with E-state index in [2.05, 4.69) is 31.4 Å². The molecule has 5 nitrogen and oxygen atoms in total. The van der Waals surface area contributed by atoms with Crippen LogP contribution in [0.5, 0.6) is 11.5 Å². The van der Waals surface area contributed by atoms with Gasteiger partial charge in [-0.1, -0.05) is 0 Å². The van der Waals surface area contributed by atoms with Gasteiger partial charge in [-0.2, -0.15) is 18.3 Å². The highest BCUT2D eigenvalue weighted by Crippen LogP contribution is 2.32. The summed E-state index contributed by atoms with van der Waals surface area (Å²) in [4.78, 5) is 3.69. The van der Waals surface area contributed by atoms with Gasteiger partial charge < -0.3 is 9.47 Å². The van der Waals surface area contributed by atoms with E-state index in [1.807, 2.05) is 13.8 Å². The molecular weight excluding hydrogens is 415 g/mol. The number of hydrogen-bond donors (Lipinski definition) is 1. The second-order valence-corrected chi connectivity index (χ2v) is 5.84. The van der Waals surface area contributed by atoms with Crippen LogP contribution in [0.4, 0.5) is 19.0 Å². The first-order chi connectivity index (χ1) is 12.3. The zero-order valence-corrected chi connectivity index (χ0v) is 15.7. The van der Waals surface area contributed by atoms with Crippen molar-refractivity contribution in [2.24, 2.45) is 5.10 Å². The molecule has 0 unspecified atom stereocenters. The molecule has 0 atom stereocenters. The lowest BCUT2D eigenvalue weighted by Gasteiger charge is -2.12. The quantitative estimate of drug-likeness (QED) is 0.488. The molecule has 0 radical (unpaired) electrons. The van der Waals surface area contributed by atoms with E-state index >= 15 is 0 Å². The van der Waals surface area contributed by atoms with Gasteiger partial charge in [0, 0.05) is 17.8 Å². The van der Waals surface area contributed by atoms with E-state index in [9.17, 15) is 13.2 Å². The van der Waals surface area contributed by atoms with Gasteiger partial charge in [-0.05, 0) is 48.0 Å². The molecule has 1 aromatic heterocycles. The Labute approximate surface area is 157 Å². The van der Waals surface area contributed by atoms with Crippen molar-refractivity contribution in [3.8, 4) is 11.5 Å². The van der Waals surface area contributed by atoms with E-state index in [-0.39, 0.29) is 5.82 Å². The molecule has 26 heavy (non-hydrogen) atoms. The van der Waals surface area contributed by atoms with Crippen molar-refractivity contribution in [3.63, 3.8) is 0 Å². The van der Waals surface area contributed by atoms with E-state index in [1.165, 1.54) is 12.3 Å². The van der Waals surface area contributed by atoms with Gasteiger partial charge >= 0.3 is 6.18 Å². The first kappa shape index (κ1) is 20.0. The molecule has 9 heteroatoms. The van der Waals surface area contributed by atoms with Crippen molar-refractivity contribution in [2.75, 3.05) is 18.6 Å². The largest absolute Gasteiger partial charge is 0.493 e. The Kier molecular flexibility index (Phi) is 6.84. The van der Waals surface area contributed by atoms with E-state index in [0.29, 0.717) is 30.3 Å². The zero-order chi connectivity index (χ0) is 19.2. The number of anilines is 1. The summed E-state index contributed by atoms with van der Waals surface area (Å²) in [6, 6.07) is 5.66. The predicted molar refractivity (Wildman–Crippen MR) is 96.9 cm³/mol. The summed E-state index contributed by atoms with van der Waals surface area (Å²) < 4.78 is 49.4. The number of pyridine rings is 1. The van der Waals surface area contributed by atoms with E-state index in [0.717, 1.165) is 16.7 Å². The third-order valence-corrected chi connectivity index (χ3v) is 3.76. The minimum atomic E-state index is -4.42. The van der Waals surface area contributed by atoms with Gasteiger partial charge in [-0.25, -0.2) is 4.98 Å². The molecule has 0 amide bonds. The van der Waals surface area contributed by atoms with Gasteiger partial charge in [0.15, 0.2) is 0 Å². The molecule has 0 fully saturated rings. The number of hydrogen-bond acceptors (Lipinski definition) is 5. The van der Waals surface area contributed by atoms with Crippen molar-refractivity contribution in [1.82, 2.24) is 4.98 Å². The lowest BCUT2D eigenvalue weighted by molar-refractivity contribution is -0.137. The summed E-state index contributed by atoms with van der Waals surface area (Å²) in [5.74, 6) is 1.41. The minimum Gasteiger partial charge on any atom is -0.493 e. The third kappa shape index (κ3) is 5.35. The Bertz CT molecular complexity index is 765. The van der Waals surface area contributed by atoms with Crippen LogP contribution >= 0.6 is 15.9 Å². The van der Waals surface area contributed by atoms with Crippen LogP contribution in [-0.2, 0) is 6.18 Å². The second kappa shape index (κ2) is 8.88. The van der Waals surface area contributed by atoms with Crippen LogP contribution in [-0.4, -0.2) is 24.4 Å². The number of rotatable bonds is 7. The molecule has 1 heterocycles. The third-order valence-electron chi connectivity index (χ3n) is 3.14. The number of nitrogens with one attached hydrogen (secondary N) is 1. The average molecular weight is 432 g/mol. The maximum atomic E-state index is 12.5. The molecule has 1 aromatic carbocycles. The van der Waals surface area contributed by atoms with Gasteiger partial charge in [0.05, 0.1) is 29.5 Å². The highest BCUT2D eigenvalue weighted by atomic mass is 79.9. The summed E-state index contributed by atoms with van der Waals surface area (Å²) in [5.41, 5.74) is 2.44. The van der Waals surface area contributed by atoms with Gasteiger partial charge in [0.1, 0.15) is 17.3 Å². The molecule has 0 bridgehead atoms. The number of alkyl halides is 3. The molecule has 0 aliphatic rings. The standard InChI is InChI=1S/C17H17BrF3N3O2/c1-3-25-14-8-15(26-4-2)13(18)7-11(14)9-23-24-16-6-5-12(10-22-16)17(19,20)21/h5-10H,3-4H2,1-2H3,(H,22,24)/b23-9-. The smallest absolute Gasteiger partial charge is 0.417 e. The van der Waals surface area contributed by atoms with Crippen molar-refractivity contribution in [3.05, 3.63) is 46.1 Å². The Morgan fingerprint density at radius 1 is 1.15 bits per heavy atom. The second-order valence-electron chi connectivity index (χ2n) is 4.99. The monoisotopic (exact) mass is 431 g/mol. The van der Waals surface area contributed by atoms with Crippen LogP contribution in [0.1, 0.15) is 25.0 Å². The number of nitrogens with zero attached hydrogens (tertiary/aromatic N) is 2. The van der Waals surface area contributed by atoms with Gasteiger partial charge in [-0.3, -0.25) is 5.43 Å². The molecule has 0 aliphatic carbocycles. The Morgan fingerprint density at radius 2 is 1.85 bits per heavy atom. The van der Waals surface area contributed by atoms with Gasteiger partial charge in [0.2, 0.25) is 0 Å². The van der Waals surface area contributed by atoms with Crippen LogP contribution < -0.4 is 14.9 Å². The number of hydrazone groups is 1. The minimum absolute atomic E-state index is 0.192. The van der Waals surface area contributed by atoms with Crippen LogP contribution in [0.15, 0.2) is 40.0 Å². The molecule has 2 aromatic rings. The lowest BCUT2D eigenvalue weighted by atomic mass is 10.2. The normalized spacial score (nSPS) is 11.6. The Balaban J connectivity index is 2.15. The van der Waals surface area contributed by atoms with E-state index in [1.54, 1.807) is 12.1 Å². The summed E-state index contributed by atoms with van der Waals surface area (Å²) >= 11 is 3.42. The maximum absolute atomic E-state index is 12.5. The molecule has 140 valence electrons. The summed E-state index contributed by atoms with van der Waals surface area (Å²) in [7, 11) is 0. The highest BCUT2D eigenvalue weighted by Gasteiger charge is 2.30. The fraction of sp³-hybridized carbons (Fsp3) is 0.294. The predicted octanol–water partition coefficient (Wildman–Crippen LogP) is 5.11. The fourth-order valence-corrected chi connectivity index (χ4v) is 2.47. The number of ether oxygens (including phenoxy) is 2. The van der Waals surface area contributed by atoms with Crippen LogP contribution in [0, 0.1) is 0 Å². The highest BCUT2D eigenvalue weighted by molar-refractivity contribution is 9.10. The molecule has 0 aliphatic heterocycles. The summed E-state index contributed by atoms with van der Waals surface area (Å²) in [6.45, 7) is 4.71. The fourth-order valence-electron chi connectivity index (χ4n) is 1.99. The van der Waals surface area contributed by atoms with Gasteiger partial charge in [-0.15, -0.1) is 0 Å². The molecule has 0 saturated carbocycles. The zero-order valence-electron chi connectivity index (χ0n) is 14.1. The van der Waals surface area contributed by atoms with Crippen molar-refractivity contribution >= 4 is 28.0 Å². The number of aromatic nitrogens is 1. The first-order valence-corrected chi connectivity index (χ1v) is 8.56. The van der Waals surface area contributed by atoms with Crippen LogP contribution in [0.2, 0.25) is 0 Å². The topological polar surface area (TPSA) is 55.7 Å². The summed E-state index contributed by atoms with van der Waals surface area (Å²) in [6.07, 6.45) is -2.18. The Morgan fingerprint density at radius 3 is 2.42 bits per heavy atom. The van der Waals surface area contributed by atoms with Crippen LogP contribution in [0.3, 0.4) is 0 Å². The lowest BCUT2D eigenvalue weighted by Crippen LogP contribution is -2.05. The van der Waals surface area contributed by atoms with Crippen molar-refractivity contribution < 1.29 is 22.6 Å². The summed E-state index contributed by atoms with van der Waals surface area (Å²) in [5, 5.41) is 4.00. The average Bonchev–Trinajstić information content (AvgIpc) is 2.58. The first-order valence-electron chi connectivity index (χ1n) is 7.76.